The van der Waals surface area contributed by atoms with Crippen molar-refractivity contribution in [3.05, 3.63) is 11.6 Å². The van der Waals surface area contributed by atoms with Crippen molar-refractivity contribution < 1.29 is 4.74 Å². The van der Waals surface area contributed by atoms with E-state index in [4.69, 9.17) is 4.74 Å². The highest BCUT2D eigenvalue weighted by Gasteiger charge is 2.31. The second kappa shape index (κ2) is 10.4. The van der Waals surface area contributed by atoms with Crippen molar-refractivity contribution in [1.82, 2.24) is 4.90 Å². The van der Waals surface area contributed by atoms with Gasteiger partial charge in [0.2, 0.25) is 0 Å². The highest BCUT2D eigenvalue weighted by Crippen LogP contribution is 2.28. The Balaban J connectivity index is 1.47. The molecule has 0 aliphatic carbocycles. The molecule has 2 heterocycles. The van der Waals surface area contributed by atoms with Gasteiger partial charge in [-0.1, -0.05) is 76.4 Å². The number of hydrogen-bond donors (Lipinski definition) is 0. The van der Waals surface area contributed by atoms with Gasteiger partial charge >= 0.3 is 0 Å². The van der Waals surface area contributed by atoms with Crippen molar-refractivity contribution in [1.29, 1.82) is 0 Å². The van der Waals surface area contributed by atoms with Gasteiger partial charge in [0, 0.05) is 6.04 Å². The molecule has 0 amide bonds. The predicted octanol–water partition coefficient (Wildman–Crippen LogP) is 5.33. The molecule has 0 aromatic rings. The van der Waals surface area contributed by atoms with E-state index in [0.717, 1.165) is 13.2 Å². The molecule has 0 aromatic heterocycles. The molecular formula is C20H37NO. The fourth-order valence-corrected chi connectivity index (χ4v) is 3.87. The van der Waals surface area contributed by atoms with Crippen LogP contribution in [0.5, 0.6) is 0 Å². The first kappa shape index (κ1) is 18.0. The first-order chi connectivity index (χ1) is 10.8. The summed E-state index contributed by atoms with van der Waals surface area (Å²) in [6.45, 7) is 4.12. The van der Waals surface area contributed by atoms with E-state index in [9.17, 15) is 0 Å². The van der Waals surface area contributed by atoms with E-state index in [1.165, 1.54) is 77.0 Å². The molecule has 2 bridgehead atoms. The molecule has 0 radical (unpaired) electrons. The number of unbranched alkanes of at least 4 members (excludes halogenated alkanes) is 9. The van der Waals surface area contributed by atoms with E-state index in [1.807, 2.05) is 0 Å². The minimum atomic E-state index is 0.547. The zero-order valence-electron chi connectivity index (χ0n) is 15.0. The summed E-state index contributed by atoms with van der Waals surface area (Å²) in [5.74, 6) is 0. The van der Waals surface area contributed by atoms with Crippen LogP contribution in [-0.2, 0) is 4.74 Å². The number of nitrogens with zero attached hydrogens (tertiary/aromatic N) is 1. The Kier molecular flexibility index (Phi) is 8.54. The third-order valence-electron chi connectivity index (χ3n) is 5.48. The molecule has 0 aromatic carbocycles. The van der Waals surface area contributed by atoms with Crippen molar-refractivity contribution in [2.75, 3.05) is 20.3 Å². The van der Waals surface area contributed by atoms with Crippen LogP contribution in [-0.4, -0.2) is 37.2 Å². The molecule has 2 aliphatic heterocycles. The van der Waals surface area contributed by atoms with Gasteiger partial charge in [-0.15, -0.1) is 0 Å². The molecule has 2 heteroatoms. The van der Waals surface area contributed by atoms with Crippen molar-refractivity contribution in [2.45, 2.75) is 96.1 Å². The minimum absolute atomic E-state index is 0.547. The van der Waals surface area contributed by atoms with E-state index in [2.05, 4.69) is 24.9 Å². The Hall–Kier alpha value is -0.340. The van der Waals surface area contributed by atoms with Crippen molar-refractivity contribution >= 4 is 0 Å². The second-order valence-corrected chi connectivity index (χ2v) is 7.39. The van der Waals surface area contributed by atoms with Crippen LogP contribution in [0.25, 0.3) is 0 Å². The van der Waals surface area contributed by atoms with Gasteiger partial charge < -0.3 is 4.74 Å². The van der Waals surface area contributed by atoms with Crippen LogP contribution in [0.15, 0.2) is 11.6 Å². The van der Waals surface area contributed by atoms with Crippen LogP contribution >= 0.6 is 0 Å². The van der Waals surface area contributed by atoms with E-state index >= 15 is 0 Å². The Labute approximate surface area is 138 Å². The summed E-state index contributed by atoms with van der Waals surface area (Å²) < 4.78 is 5.67. The third kappa shape index (κ3) is 6.04. The SMILES string of the molecule is CCCCCCCCCCCCC1=CC2COCC(C1)N2C. The van der Waals surface area contributed by atoms with Crippen LogP contribution in [0.3, 0.4) is 0 Å². The number of ether oxygens (including phenoxy) is 1. The average molecular weight is 308 g/mol. The monoisotopic (exact) mass is 307 g/mol. The standard InChI is InChI=1S/C20H37NO/c1-3-4-5-6-7-8-9-10-11-12-13-18-14-19-16-22-17-20(15-18)21(19)2/h14,19-20H,3-13,15-17H2,1-2H3. The first-order valence-electron chi connectivity index (χ1n) is 9.80. The Morgan fingerprint density at radius 1 is 0.955 bits per heavy atom. The Morgan fingerprint density at radius 2 is 1.59 bits per heavy atom. The summed E-state index contributed by atoms with van der Waals surface area (Å²) in [6.07, 6.45) is 19.4. The van der Waals surface area contributed by atoms with Crippen LogP contribution < -0.4 is 0 Å². The highest BCUT2D eigenvalue weighted by atomic mass is 16.5. The third-order valence-corrected chi connectivity index (χ3v) is 5.48. The predicted molar refractivity (Wildman–Crippen MR) is 95.3 cm³/mol. The highest BCUT2D eigenvalue weighted by molar-refractivity contribution is 5.15. The van der Waals surface area contributed by atoms with Crippen molar-refractivity contribution in [2.24, 2.45) is 0 Å². The van der Waals surface area contributed by atoms with E-state index < -0.39 is 0 Å². The van der Waals surface area contributed by atoms with Crippen LogP contribution in [0.4, 0.5) is 0 Å². The number of morpholine rings is 1. The van der Waals surface area contributed by atoms with Gasteiger partial charge in [-0.05, 0) is 26.3 Å². The van der Waals surface area contributed by atoms with E-state index in [-0.39, 0.29) is 0 Å². The van der Waals surface area contributed by atoms with Gasteiger partial charge in [-0.2, -0.15) is 0 Å². The summed E-state index contributed by atoms with van der Waals surface area (Å²) in [5.41, 5.74) is 1.70. The lowest BCUT2D eigenvalue weighted by Crippen LogP contribution is -2.51. The normalized spacial score (nSPS) is 25.3. The lowest BCUT2D eigenvalue weighted by atomic mass is 9.91. The number of hydrogen-bond acceptors (Lipinski definition) is 2. The molecule has 128 valence electrons. The average Bonchev–Trinajstić information content (AvgIpc) is 2.50. The zero-order valence-corrected chi connectivity index (χ0v) is 15.0. The summed E-state index contributed by atoms with van der Waals surface area (Å²) in [5, 5.41) is 0. The lowest BCUT2D eigenvalue weighted by molar-refractivity contribution is -0.0262. The van der Waals surface area contributed by atoms with Crippen LogP contribution in [0.2, 0.25) is 0 Å². The van der Waals surface area contributed by atoms with Gasteiger partial charge in [-0.3, -0.25) is 4.90 Å². The quantitative estimate of drug-likeness (QED) is 0.378. The molecule has 1 fully saturated rings. The van der Waals surface area contributed by atoms with Crippen LogP contribution in [0.1, 0.15) is 84.0 Å². The molecule has 2 aliphatic rings. The maximum atomic E-state index is 5.67. The molecule has 2 atom stereocenters. The van der Waals surface area contributed by atoms with E-state index in [1.54, 1.807) is 5.57 Å². The Morgan fingerprint density at radius 3 is 2.23 bits per heavy atom. The molecule has 2 rings (SSSR count). The first-order valence-corrected chi connectivity index (χ1v) is 9.80. The number of likely N-dealkylation sites (N-methyl/N-ethyl adjacent to an activating group) is 1. The van der Waals surface area contributed by atoms with Crippen LogP contribution in [0, 0.1) is 0 Å². The van der Waals surface area contributed by atoms with Crippen molar-refractivity contribution in [3.63, 3.8) is 0 Å². The maximum Gasteiger partial charge on any atom is 0.0658 e. The minimum Gasteiger partial charge on any atom is -0.378 e. The summed E-state index contributed by atoms with van der Waals surface area (Å²) in [4.78, 5) is 2.51. The molecule has 2 unspecified atom stereocenters. The fourth-order valence-electron chi connectivity index (χ4n) is 3.87. The topological polar surface area (TPSA) is 12.5 Å². The van der Waals surface area contributed by atoms with Gasteiger partial charge in [-0.25, -0.2) is 0 Å². The zero-order chi connectivity index (χ0) is 15.6. The number of rotatable bonds is 11. The van der Waals surface area contributed by atoms with Gasteiger partial charge in [0.25, 0.3) is 0 Å². The lowest BCUT2D eigenvalue weighted by Gasteiger charge is -2.42. The smallest absolute Gasteiger partial charge is 0.0658 e. The molecule has 22 heavy (non-hydrogen) atoms. The van der Waals surface area contributed by atoms with E-state index in [0.29, 0.717) is 12.1 Å². The molecular weight excluding hydrogens is 270 g/mol. The summed E-state index contributed by atoms with van der Waals surface area (Å²) >= 11 is 0. The molecule has 1 saturated heterocycles. The fraction of sp³-hybridized carbons (Fsp3) is 0.900. The molecule has 0 spiro atoms. The van der Waals surface area contributed by atoms with Gasteiger partial charge in [0.15, 0.2) is 0 Å². The summed E-state index contributed by atoms with van der Waals surface area (Å²) in [6, 6.07) is 1.19. The second-order valence-electron chi connectivity index (χ2n) is 7.39. The van der Waals surface area contributed by atoms with Gasteiger partial charge in [0.1, 0.15) is 0 Å². The molecule has 0 saturated carbocycles. The van der Waals surface area contributed by atoms with Gasteiger partial charge in [0.05, 0.1) is 19.3 Å². The Bertz CT molecular complexity index is 326. The van der Waals surface area contributed by atoms with Crippen molar-refractivity contribution in [3.8, 4) is 0 Å². The molecule has 2 nitrogen and oxygen atoms in total. The maximum absolute atomic E-state index is 5.67. The number of fused-ring (bicyclic) bond motifs is 2. The largest absolute Gasteiger partial charge is 0.378 e. The molecule has 0 N–H and O–H groups in total. The summed E-state index contributed by atoms with van der Waals surface area (Å²) in [7, 11) is 2.26.